The monoisotopic (exact) mass is 334 g/mol. The van der Waals surface area contributed by atoms with Crippen molar-refractivity contribution in [1.29, 1.82) is 0 Å². The van der Waals surface area contributed by atoms with Gasteiger partial charge in [0.2, 0.25) is 11.8 Å². The first kappa shape index (κ1) is 25.6. The van der Waals surface area contributed by atoms with Gasteiger partial charge in [0.25, 0.3) is 6.47 Å². The number of rotatable bonds is 6. The van der Waals surface area contributed by atoms with Gasteiger partial charge in [-0.15, -0.1) is 0 Å². The van der Waals surface area contributed by atoms with E-state index < -0.39 is 6.04 Å². The van der Waals surface area contributed by atoms with E-state index in [4.69, 9.17) is 27.1 Å². The van der Waals surface area contributed by atoms with E-state index in [1.165, 1.54) is 0 Å². The van der Waals surface area contributed by atoms with Crippen molar-refractivity contribution < 1.29 is 19.5 Å². The zero-order valence-electron chi connectivity index (χ0n) is 14.2. The first-order valence-electron chi connectivity index (χ1n) is 7.08. The maximum absolute atomic E-state index is 11.0. The molecule has 0 fully saturated rings. The van der Waals surface area contributed by atoms with Crippen molar-refractivity contribution in [3.05, 3.63) is 0 Å². The molecule has 0 aliphatic rings. The number of guanidine groups is 1. The van der Waals surface area contributed by atoms with Crippen molar-refractivity contribution in [2.75, 3.05) is 13.1 Å². The first-order chi connectivity index (χ1) is 10.6. The number of nitrogens with two attached hydrogens (primary N) is 3. The lowest BCUT2D eigenvalue weighted by atomic mass is 10.3. The van der Waals surface area contributed by atoms with Gasteiger partial charge in [-0.1, -0.05) is 6.92 Å². The highest BCUT2D eigenvalue weighted by Gasteiger charge is 2.09. The second-order valence-electron chi connectivity index (χ2n) is 4.64. The van der Waals surface area contributed by atoms with Crippen molar-refractivity contribution >= 4 is 24.2 Å². The summed E-state index contributed by atoms with van der Waals surface area (Å²) < 4.78 is 0. The molecular weight excluding hydrogens is 304 g/mol. The predicted octanol–water partition coefficient (Wildman–Crippen LogP) is -1.65. The van der Waals surface area contributed by atoms with E-state index in [0.717, 1.165) is 13.0 Å². The molecule has 136 valence electrons. The van der Waals surface area contributed by atoms with Gasteiger partial charge in [0.05, 0.1) is 12.6 Å². The Bertz CT molecular complexity index is 354. The van der Waals surface area contributed by atoms with Crippen molar-refractivity contribution in [3.8, 4) is 0 Å². The van der Waals surface area contributed by atoms with Gasteiger partial charge in [-0.3, -0.25) is 19.4 Å². The molecule has 0 unspecified atom stereocenters. The molecule has 10 nitrogen and oxygen atoms in total. The van der Waals surface area contributed by atoms with Crippen LogP contribution in [0.25, 0.3) is 0 Å². The quantitative estimate of drug-likeness (QED) is 0.190. The Hall–Kier alpha value is -2.36. The smallest absolute Gasteiger partial charge is 0.290 e. The van der Waals surface area contributed by atoms with Gasteiger partial charge in [0.1, 0.15) is 0 Å². The summed E-state index contributed by atoms with van der Waals surface area (Å²) in [5.74, 6) is -0.343. The van der Waals surface area contributed by atoms with Crippen molar-refractivity contribution in [2.45, 2.75) is 46.2 Å². The molecule has 23 heavy (non-hydrogen) atoms. The van der Waals surface area contributed by atoms with Gasteiger partial charge in [0.15, 0.2) is 5.96 Å². The number of nitrogens with zero attached hydrogens (tertiary/aromatic N) is 1. The van der Waals surface area contributed by atoms with E-state index in [1.54, 1.807) is 6.92 Å². The molecule has 0 rings (SSSR count). The van der Waals surface area contributed by atoms with E-state index in [1.807, 2.05) is 20.8 Å². The highest BCUT2D eigenvalue weighted by molar-refractivity contribution is 5.87. The van der Waals surface area contributed by atoms with E-state index in [0.29, 0.717) is 0 Å². The predicted molar refractivity (Wildman–Crippen MR) is 89.6 cm³/mol. The fourth-order valence-electron chi connectivity index (χ4n) is 0.942. The lowest BCUT2D eigenvalue weighted by molar-refractivity contribution is -0.126. The molecule has 1 atom stereocenters. The minimum absolute atomic E-state index is 0.0153. The highest BCUT2D eigenvalue weighted by atomic mass is 16.3. The molecule has 0 aromatic carbocycles. The Kier molecular flexibility index (Phi) is 19.7. The molecule has 0 bridgehead atoms. The summed E-state index contributed by atoms with van der Waals surface area (Å²) in [5, 5.41) is 11.9. The minimum atomic E-state index is -0.577. The van der Waals surface area contributed by atoms with Crippen LogP contribution in [0.15, 0.2) is 4.99 Å². The molecule has 0 saturated heterocycles. The Balaban J connectivity index is -0.000000335. The third kappa shape index (κ3) is 28.5. The van der Waals surface area contributed by atoms with E-state index in [-0.39, 0.29) is 36.8 Å². The van der Waals surface area contributed by atoms with Crippen molar-refractivity contribution in [3.63, 3.8) is 0 Å². The molecule has 0 radical (unpaired) electrons. The number of carbonyl (C=O) groups is 3. The summed E-state index contributed by atoms with van der Waals surface area (Å²) in [7, 11) is 0. The molecule has 2 amide bonds. The Labute approximate surface area is 136 Å². The number of hydrogen-bond donors (Lipinski definition) is 6. The Morgan fingerprint density at radius 2 is 1.74 bits per heavy atom. The summed E-state index contributed by atoms with van der Waals surface area (Å²) in [5.41, 5.74) is 15.3. The van der Waals surface area contributed by atoms with Gasteiger partial charge < -0.3 is 32.9 Å². The number of hydrogen-bond acceptors (Lipinski definition) is 5. The molecule has 0 aromatic heterocycles. The minimum Gasteiger partial charge on any atom is -0.483 e. The van der Waals surface area contributed by atoms with E-state index in [2.05, 4.69) is 15.6 Å². The summed E-state index contributed by atoms with van der Waals surface area (Å²) in [6.45, 7) is 7.76. The molecule has 0 aliphatic heterocycles. The van der Waals surface area contributed by atoms with Crippen LogP contribution >= 0.6 is 0 Å². The van der Waals surface area contributed by atoms with E-state index in [9.17, 15) is 9.59 Å². The Morgan fingerprint density at radius 1 is 1.26 bits per heavy atom. The molecule has 0 spiro atoms. The van der Waals surface area contributed by atoms with Crippen LogP contribution in [0.2, 0.25) is 0 Å². The lowest BCUT2D eigenvalue weighted by Crippen LogP contribution is -2.44. The second-order valence-corrected chi connectivity index (χ2v) is 4.64. The SMILES string of the molecule is CC(C)NC(=O)CNC(=O)[C@H](C)N.CCCN=C(N)N.O=CO. The second kappa shape index (κ2) is 17.7. The summed E-state index contributed by atoms with van der Waals surface area (Å²) in [4.78, 5) is 34.0. The summed E-state index contributed by atoms with van der Waals surface area (Å²) >= 11 is 0. The van der Waals surface area contributed by atoms with E-state index >= 15 is 0 Å². The van der Waals surface area contributed by atoms with Crippen molar-refractivity contribution in [1.82, 2.24) is 10.6 Å². The summed E-state index contributed by atoms with van der Waals surface area (Å²) in [6, 6.07) is -0.494. The molecule has 0 aromatic rings. The molecule has 9 N–H and O–H groups in total. The number of carboxylic acid groups (broad SMARTS) is 1. The molecule has 0 aliphatic carbocycles. The van der Waals surface area contributed by atoms with Crippen LogP contribution in [0.5, 0.6) is 0 Å². The highest BCUT2D eigenvalue weighted by Crippen LogP contribution is 1.78. The fourth-order valence-corrected chi connectivity index (χ4v) is 0.942. The van der Waals surface area contributed by atoms with Crippen LogP contribution in [0.4, 0.5) is 0 Å². The molecule has 0 heterocycles. The summed E-state index contributed by atoms with van der Waals surface area (Å²) in [6.07, 6.45) is 0.998. The van der Waals surface area contributed by atoms with Gasteiger partial charge in [-0.2, -0.15) is 0 Å². The van der Waals surface area contributed by atoms with Gasteiger partial charge in [0, 0.05) is 12.6 Å². The average Bonchev–Trinajstić information content (AvgIpc) is 2.43. The maximum atomic E-state index is 11.0. The standard InChI is InChI=1S/C8H17N3O2.C4H11N3.CH2O2/c1-5(2)11-7(12)4-10-8(13)6(3)9;1-2-3-7-4(5)6;2-1-3/h5-6H,4,9H2,1-3H3,(H,10,13)(H,11,12);2-3H2,1H3,(H4,5,6,7);1H,(H,2,3)/t6-;;/m0../s1. The number of amides is 2. The third-order valence-electron chi connectivity index (χ3n) is 1.80. The van der Waals surface area contributed by atoms with Gasteiger partial charge >= 0.3 is 0 Å². The normalized spacial score (nSPS) is 10.0. The van der Waals surface area contributed by atoms with Crippen LogP contribution in [0.1, 0.15) is 34.1 Å². The zero-order chi connectivity index (χ0) is 18.8. The molecule has 0 saturated carbocycles. The Morgan fingerprint density at radius 3 is 2.00 bits per heavy atom. The average molecular weight is 334 g/mol. The third-order valence-corrected chi connectivity index (χ3v) is 1.80. The van der Waals surface area contributed by atoms with Gasteiger partial charge in [-0.05, 0) is 27.2 Å². The topological polar surface area (TPSA) is 186 Å². The van der Waals surface area contributed by atoms with Crippen LogP contribution < -0.4 is 27.8 Å². The van der Waals surface area contributed by atoms with Crippen LogP contribution in [0.3, 0.4) is 0 Å². The number of nitrogens with one attached hydrogen (secondary N) is 2. The largest absolute Gasteiger partial charge is 0.483 e. The van der Waals surface area contributed by atoms with Crippen LogP contribution in [-0.2, 0) is 14.4 Å². The maximum Gasteiger partial charge on any atom is 0.290 e. The first-order valence-corrected chi connectivity index (χ1v) is 7.08. The van der Waals surface area contributed by atoms with Gasteiger partial charge in [-0.25, -0.2) is 0 Å². The number of aliphatic imine (C=N–C) groups is 1. The molecule has 10 heteroatoms. The lowest BCUT2D eigenvalue weighted by Gasteiger charge is -2.10. The van der Waals surface area contributed by atoms with Crippen LogP contribution in [0, 0.1) is 0 Å². The zero-order valence-corrected chi connectivity index (χ0v) is 14.2. The fraction of sp³-hybridized carbons (Fsp3) is 0.692. The molecular formula is C13H30N6O4. The van der Waals surface area contributed by atoms with Crippen LogP contribution in [-0.4, -0.2) is 54.5 Å². The van der Waals surface area contributed by atoms with Crippen molar-refractivity contribution in [2.24, 2.45) is 22.2 Å². The number of carbonyl (C=O) groups excluding carboxylic acids is 2.